The minimum atomic E-state index is -1.38. The van der Waals surface area contributed by atoms with E-state index in [2.05, 4.69) is 10.2 Å². The van der Waals surface area contributed by atoms with E-state index < -0.39 is 17.7 Å². The zero-order chi connectivity index (χ0) is 11.5. The average molecular weight is 222 g/mol. The number of aliphatic hydroxyl groups excluding tert-OH is 1. The summed E-state index contributed by atoms with van der Waals surface area (Å²) in [5, 5.41) is 16.9. The van der Waals surface area contributed by atoms with Gasteiger partial charge in [0.05, 0.1) is 11.8 Å². The van der Waals surface area contributed by atoms with E-state index in [-0.39, 0.29) is 5.56 Å². The molecule has 1 atom stereocenters. The van der Waals surface area contributed by atoms with Gasteiger partial charge in [0.15, 0.2) is 0 Å². The van der Waals surface area contributed by atoms with Gasteiger partial charge in [-0.1, -0.05) is 6.07 Å². The van der Waals surface area contributed by atoms with E-state index in [1.807, 2.05) is 0 Å². The third-order valence-electron chi connectivity index (χ3n) is 2.20. The summed E-state index contributed by atoms with van der Waals surface area (Å²) < 4.78 is 26.7. The van der Waals surface area contributed by atoms with Crippen LogP contribution >= 0.6 is 0 Å². The van der Waals surface area contributed by atoms with E-state index in [0.717, 1.165) is 12.1 Å². The van der Waals surface area contributed by atoms with Crippen LogP contribution in [-0.2, 0) is 0 Å². The zero-order valence-electron chi connectivity index (χ0n) is 8.14. The molecule has 0 fully saturated rings. The molecule has 0 amide bonds. The van der Waals surface area contributed by atoms with Crippen molar-refractivity contribution in [3.05, 3.63) is 59.4 Å². The summed E-state index contributed by atoms with van der Waals surface area (Å²) in [6.45, 7) is 0. The Kier molecular flexibility index (Phi) is 2.87. The first-order valence-corrected chi connectivity index (χ1v) is 4.58. The second-order valence-electron chi connectivity index (χ2n) is 3.21. The molecule has 0 aliphatic heterocycles. The van der Waals surface area contributed by atoms with E-state index >= 15 is 0 Å². The van der Waals surface area contributed by atoms with Crippen molar-refractivity contribution < 1.29 is 13.9 Å². The predicted octanol–water partition coefficient (Wildman–Crippen LogP) is 1.84. The summed E-state index contributed by atoms with van der Waals surface area (Å²) in [5.41, 5.74) is -0.0884. The zero-order valence-corrected chi connectivity index (χ0v) is 8.14. The molecule has 0 aliphatic carbocycles. The number of aromatic nitrogens is 2. The highest BCUT2D eigenvalue weighted by Crippen LogP contribution is 2.25. The maximum atomic E-state index is 13.4. The summed E-state index contributed by atoms with van der Waals surface area (Å²) in [6.07, 6.45) is 1.23. The molecule has 0 bridgehead atoms. The van der Waals surface area contributed by atoms with E-state index in [1.54, 1.807) is 0 Å². The van der Waals surface area contributed by atoms with Crippen LogP contribution in [0.4, 0.5) is 8.78 Å². The molecule has 1 heterocycles. The van der Waals surface area contributed by atoms with Crippen LogP contribution in [0.2, 0.25) is 0 Å². The number of aliphatic hydroxyl groups is 1. The molecule has 82 valence electrons. The van der Waals surface area contributed by atoms with Crippen LogP contribution in [0, 0.1) is 11.6 Å². The van der Waals surface area contributed by atoms with E-state index in [0.29, 0.717) is 5.56 Å². The lowest BCUT2D eigenvalue weighted by Gasteiger charge is -2.12. The van der Waals surface area contributed by atoms with Gasteiger partial charge in [-0.3, -0.25) is 0 Å². The van der Waals surface area contributed by atoms with Crippen LogP contribution in [0.5, 0.6) is 0 Å². The van der Waals surface area contributed by atoms with Crippen molar-refractivity contribution in [1.29, 1.82) is 0 Å². The molecule has 1 aromatic heterocycles. The Morgan fingerprint density at radius 3 is 2.31 bits per heavy atom. The third kappa shape index (κ3) is 1.90. The van der Waals surface area contributed by atoms with Crippen LogP contribution in [0.1, 0.15) is 17.2 Å². The smallest absolute Gasteiger partial charge is 0.132 e. The van der Waals surface area contributed by atoms with Crippen LogP contribution in [-0.4, -0.2) is 15.3 Å². The van der Waals surface area contributed by atoms with Gasteiger partial charge in [-0.05, 0) is 18.2 Å². The molecule has 2 rings (SSSR count). The standard InChI is InChI=1S/C11H8F2N2O/c12-8-2-1-3-9(13)10(8)11(16)7-4-5-14-15-6-7/h1-6,11,16H. The normalized spacial score (nSPS) is 12.4. The second kappa shape index (κ2) is 4.32. The highest BCUT2D eigenvalue weighted by Gasteiger charge is 2.19. The summed E-state index contributed by atoms with van der Waals surface area (Å²) in [5.74, 6) is -1.58. The summed E-state index contributed by atoms with van der Waals surface area (Å²) in [6, 6.07) is 4.88. The Morgan fingerprint density at radius 1 is 1.06 bits per heavy atom. The molecule has 3 nitrogen and oxygen atoms in total. The van der Waals surface area contributed by atoms with Gasteiger partial charge in [-0.15, -0.1) is 0 Å². The monoisotopic (exact) mass is 222 g/mol. The fraction of sp³-hybridized carbons (Fsp3) is 0.0909. The molecule has 2 aromatic rings. The summed E-state index contributed by atoms with van der Waals surface area (Å²) in [7, 11) is 0. The lowest BCUT2D eigenvalue weighted by atomic mass is 10.0. The van der Waals surface area contributed by atoms with Crippen molar-refractivity contribution in [3.8, 4) is 0 Å². The van der Waals surface area contributed by atoms with Crippen molar-refractivity contribution in [2.45, 2.75) is 6.10 Å². The summed E-state index contributed by atoms with van der Waals surface area (Å²) >= 11 is 0. The van der Waals surface area contributed by atoms with E-state index in [4.69, 9.17) is 0 Å². The van der Waals surface area contributed by atoms with E-state index in [9.17, 15) is 13.9 Å². The van der Waals surface area contributed by atoms with Gasteiger partial charge in [-0.2, -0.15) is 10.2 Å². The van der Waals surface area contributed by atoms with Crippen molar-refractivity contribution in [3.63, 3.8) is 0 Å². The second-order valence-corrected chi connectivity index (χ2v) is 3.21. The molecule has 16 heavy (non-hydrogen) atoms. The molecule has 5 heteroatoms. The van der Waals surface area contributed by atoms with E-state index in [1.165, 1.54) is 24.5 Å². The van der Waals surface area contributed by atoms with Gasteiger partial charge in [0.1, 0.15) is 17.7 Å². The first-order chi connectivity index (χ1) is 7.70. The molecule has 0 saturated carbocycles. The summed E-state index contributed by atoms with van der Waals surface area (Å²) in [4.78, 5) is 0. The SMILES string of the molecule is OC(c1ccnnc1)c1c(F)cccc1F. The largest absolute Gasteiger partial charge is 0.383 e. The Hall–Kier alpha value is -1.88. The van der Waals surface area contributed by atoms with Crippen molar-refractivity contribution in [2.24, 2.45) is 0 Å². The Balaban J connectivity index is 2.46. The van der Waals surface area contributed by atoms with Crippen LogP contribution in [0.25, 0.3) is 0 Å². The Bertz CT molecular complexity index is 470. The minimum Gasteiger partial charge on any atom is -0.383 e. The first-order valence-electron chi connectivity index (χ1n) is 4.58. The van der Waals surface area contributed by atoms with Gasteiger partial charge in [0.2, 0.25) is 0 Å². The number of halogens is 2. The maximum Gasteiger partial charge on any atom is 0.132 e. The van der Waals surface area contributed by atoms with Gasteiger partial charge < -0.3 is 5.11 Å². The highest BCUT2D eigenvalue weighted by molar-refractivity contribution is 5.29. The lowest BCUT2D eigenvalue weighted by molar-refractivity contribution is 0.208. The Morgan fingerprint density at radius 2 is 1.75 bits per heavy atom. The minimum absolute atomic E-state index is 0.291. The topological polar surface area (TPSA) is 46.0 Å². The lowest BCUT2D eigenvalue weighted by Crippen LogP contribution is -2.06. The number of hydrogen-bond acceptors (Lipinski definition) is 3. The molecule has 1 aromatic carbocycles. The molecule has 0 saturated heterocycles. The molecule has 0 radical (unpaired) electrons. The molecule has 1 N–H and O–H groups in total. The number of benzene rings is 1. The quantitative estimate of drug-likeness (QED) is 0.843. The average Bonchev–Trinajstić information content (AvgIpc) is 2.30. The molecular formula is C11H8F2N2O. The van der Waals surface area contributed by atoms with Crippen LogP contribution in [0.15, 0.2) is 36.7 Å². The van der Waals surface area contributed by atoms with Gasteiger partial charge in [0.25, 0.3) is 0 Å². The fourth-order valence-corrected chi connectivity index (χ4v) is 1.40. The third-order valence-corrected chi connectivity index (χ3v) is 2.20. The molecular weight excluding hydrogens is 214 g/mol. The number of hydrogen-bond donors (Lipinski definition) is 1. The maximum absolute atomic E-state index is 13.4. The predicted molar refractivity (Wildman–Crippen MR) is 52.5 cm³/mol. The molecule has 1 unspecified atom stereocenters. The van der Waals surface area contributed by atoms with Gasteiger partial charge in [0, 0.05) is 11.8 Å². The molecule has 0 aliphatic rings. The first kappa shape index (κ1) is 10.6. The number of rotatable bonds is 2. The van der Waals surface area contributed by atoms with Crippen molar-refractivity contribution in [1.82, 2.24) is 10.2 Å². The van der Waals surface area contributed by atoms with Crippen molar-refractivity contribution >= 4 is 0 Å². The van der Waals surface area contributed by atoms with Crippen LogP contribution in [0.3, 0.4) is 0 Å². The van der Waals surface area contributed by atoms with Crippen molar-refractivity contribution in [2.75, 3.05) is 0 Å². The number of nitrogens with zero attached hydrogens (tertiary/aromatic N) is 2. The molecule has 0 spiro atoms. The fourth-order valence-electron chi connectivity index (χ4n) is 1.40. The Labute approximate surface area is 90.4 Å². The van der Waals surface area contributed by atoms with Crippen LogP contribution < -0.4 is 0 Å². The van der Waals surface area contributed by atoms with Gasteiger partial charge in [-0.25, -0.2) is 8.78 Å². The van der Waals surface area contributed by atoms with Gasteiger partial charge >= 0.3 is 0 Å². The highest BCUT2D eigenvalue weighted by atomic mass is 19.1.